The second-order valence-electron chi connectivity index (χ2n) is 12.5. The normalized spacial score (nSPS) is 19.9. The van der Waals surface area contributed by atoms with Crippen molar-refractivity contribution in [2.24, 2.45) is 5.41 Å². The van der Waals surface area contributed by atoms with Crippen LogP contribution in [0.3, 0.4) is 0 Å². The summed E-state index contributed by atoms with van der Waals surface area (Å²) in [5.74, 6) is 1.49. The van der Waals surface area contributed by atoms with Gasteiger partial charge in [-0.25, -0.2) is 14.8 Å². The van der Waals surface area contributed by atoms with Gasteiger partial charge in [0.15, 0.2) is 0 Å². The molecule has 4 N–H and O–H groups in total. The van der Waals surface area contributed by atoms with Crippen LogP contribution in [-0.4, -0.2) is 79.8 Å². The Kier molecular flexibility index (Phi) is 12.4. The molecule has 11 nitrogen and oxygen atoms in total. The van der Waals surface area contributed by atoms with Crippen LogP contribution in [0.4, 0.5) is 16.4 Å². The maximum Gasteiger partial charge on any atom is 0.407 e. The minimum atomic E-state index is -0.505. The fraction of sp³-hybridized carbons (Fsp3) is 0.625. The molecule has 1 saturated carbocycles. The van der Waals surface area contributed by atoms with E-state index in [1.54, 1.807) is 6.20 Å². The lowest BCUT2D eigenvalue weighted by molar-refractivity contribution is 0.0455. The summed E-state index contributed by atoms with van der Waals surface area (Å²) in [7, 11) is 0. The Bertz CT molecular complexity index is 1250. The highest BCUT2D eigenvalue weighted by Crippen LogP contribution is 2.32. The predicted octanol–water partition coefficient (Wildman–Crippen LogP) is 5.38. The van der Waals surface area contributed by atoms with E-state index in [0.717, 1.165) is 49.3 Å². The van der Waals surface area contributed by atoms with Crippen molar-refractivity contribution in [3.63, 3.8) is 0 Å². The van der Waals surface area contributed by atoms with Crippen molar-refractivity contribution in [1.29, 1.82) is 5.26 Å². The van der Waals surface area contributed by atoms with Crippen LogP contribution < -0.4 is 21.3 Å². The Hall–Kier alpha value is -3.17. The Labute approximate surface area is 265 Å². The minimum Gasteiger partial charge on any atom is -0.444 e. The maximum atomic E-state index is 11.7. The van der Waals surface area contributed by atoms with Gasteiger partial charge in [-0.05, 0) is 77.5 Å². The maximum absolute atomic E-state index is 11.7. The number of nitrogens with zero attached hydrogens (tertiary/aromatic N) is 3. The van der Waals surface area contributed by atoms with E-state index in [-0.39, 0.29) is 0 Å². The lowest BCUT2D eigenvalue weighted by Crippen LogP contribution is -2.38. The fourth-order valence-corrected chi connectivity index (χ4v) is 5.57. The lowest BCUT2D eigenvalue weighted by Gasteiger charge is -2.30. The van der Waals surface area contributed by atoms with E-state index in [4.69, 9.17) is 30.8 Å². The number of ether oxygens (including phenoxy) is 3. The fourth-order valence-electron chi connectivity index (χ4n) is 5.37. The van der Waals surface area contributed by atoms with Crippen molar-refractivity contribution in [2.45, 2.75) is 77.0 Å². The third kappa shape index (κ3) is 10.8. The van der Waals surface area contributed by atoms with Crippen LogP contribution in [0.15, 0.2) is 30.5 Å². The quantitative estimate of drug-likeness (QED) is 0.214. The van der Waals surface area contributed by atoms with Crippen molar-refractivity contribution >= 4 is 29.3 Å². The van der Waals surface area contributed by atoms with E-state index in [0.29, 0.717) is 75.3 Å². The summed E-state index contributed by atoms with van der Waals surface area (Å²) < 4.78 is 16.3. The van der Waals surface area contributed by atoms with Crippen molar-refractivity contribution < 1.29 is 19.0 Å². The van der Waals surface area contributed by atoms with Crippen LogP contribution in [0.25, 0.3) is 11.3 Å². The molecular weight excluding hydrogens is 582 g/mol. The van der Waals surface area contributed by atoms with E-state index in [1.807, 2.05) is 45.0 Å². The van der Waals surface area contributed by atoms with Gasteiger partial charge in [-0.3, -0.25) is 0 Å². The first-order valence-corrected chi connectivity index (χ1v) is 15.9. The molecule has 4 rings (SSSR count). The number of rotatable bonds is 13. The molecule has 2 aromatic heterocycles. The smallest absolute Gasteiger partial charge is 0.407 e. The number of halogens is 1. The van der Waals surface area contributed by atoms with Gasteiger partial charge in [-0.15, -0.1) is 0 Å². The van der Waals surface area contributed by atoms with Gasteiger partial charge in [0.05, 0.1) is 35.4 Å². The molecular formula is C32H46ClN7O4. The lowest BCUT2D eigenvalue weighted by atomic mass is 9.82. The molecule has 0 radical (unpaired) electrons. The van der Waals surface area contributed by atoms with Gasteiger partial charge in [0.2, 0.25) is 0 Å². The van der Waals surface area contributed by atoms with Crippen LogP contribution in [0.5, 0.6) is 0 Å². The molecule has 0 bridgehead atoms. The van der Waals surface area contributed by atoms with E-state index in [9.17, 15) is 10.1 Å². The number of alkyl carbamates (subject to hydrolysis) is 1. The Balaban J connectivity index is 1.18. The first-order valence-electron chi connectivity index (χ1n) is 15.6. The monoisotopic (exact) mass is 627 g/mol. The first kappa shape index (κ1) is 33.7. The number of nitrogens with one attached hydrogen (secondary N) is 4. The molecule has 2 aromatic rings. The highest BCUT2D eigenvalue weighted by Gasteiger charge is 2.32. The van der Waals surface area contributed by atoms with Crippen molar-refractivity contribution in [1.82, 2.24) is 20.6 Å². The molecule has 240 valence electrons. The van der Waals surface area contributed by atoms with Gasteiger partial charge in [0.1, 0.15) is 17.2 Å². The van der Waals surface area contributed by atoms with Gasteiger partial charge < -0.3 is 35.5 Å². The summed E-state index contributed by atoms with van der Waals surface area (Å²) in [6.45, 7) is 9.47. The molecule has 3 heterocycles. The number of aromatic nitrogens is 2. The Morgan fingerprint density at radius 3 is 2.57 bits per heavy atom. The molecule has 1 saturated heterocycles. The van der Waals surface area contributed by atoms with Crippen molar-refractivity contribution in [3.05, 3.63) is 35.5 Å². The van der Waals surface area contributed by atoms with Crippen molar-refractivity contribution in [2.75, 3.05) is 56.7 Å². The third-order valence-electron chi connectivity index (χ3n) is 7.85. The molecule has 1 amide bonds. The molecule has 44 heavy (non-hydrogen) atoms. The average molecular weight is 628 g/mol. The predicted molar refractivity (Wildman–Crippen MR) is 172 cm³/mol. The number of amides is 1. The summed E-state index contributed by atoms with van der Waals surface area (Å²) in [4.78, 5) is 21.0. The summed E-state index contributed by atoms with van der Waals surface area (Å²) in [6.07, 6.45) is 6.85. The van der Waals surface area contributed by atoms with Crippen LogP contribution >= 0.6 is 11.6 Å². The molecule has 12 heteroatoms. The van der Waals surface area contributed by atoms with Crippen LogP contribution in [0, 0.1) is 16.7 Å². The zero-order valence-corrected chi connectivity index (χ0v) is 26.8. The van der Waals surface area contributed by atoms with Crippen LogP contribution in [0.1, 0.15) is 59.3 Å². The number of hydrogen-bond acceptors (Lipinski definition) is 10. The van der Waals surface area contributed by atoms with Gasteiger partial charge in [0, 0.05) is 56.7 Å². The van der Waals surface area contributed by atoms with Crippen LogP contribution in [-0.2, 0) is 14.2 Å². The summed E-state index contributed by atoms with van der Waals surface area (Å²) in [5, 5.41) is 23.5. The first-order chi connectivity index (χ1) is 21.1. The highest BCUT2D eigenvalue weighted by atomic mass is 35.5. The zero-order valence-electron chi connectivity index (χ0n) is 26.1. The van der Waals surface area contributed by atoms with E-state index in [2.05, 4.69) is 32.3 Å². The summed E-state index contributed by atoms with van der Waals surface area (Å²) in [6, 6.07) is 11.0. The minimum absolute atomic E-state index is 0.326. The Morgan fingerprint density at radius 1 is 1.11 bits per heavy atom. The topological polar surface area (TPSA) is 142 Å². The summed E-state index contributed by atoms with van der Waals surface area (Å²) in [5.41, 5.74) is 0.616. The van der Waals surface area contributed by atoms with Gasteiger partial charge in [-0.1, -0.05) is 17.7 Å². The number of anilines is 2. The Morgan fingerprint density at radius 2 is 1.84 bits per heavy atom. The van der Waals surface area contributed by atoms with Crippen molar-refractivity contribution in [3.8, 4) is 17.3 Å². The molecule has 1 aliphatic carbocycles. The van der Waals surface area contributed by atoms with Gasteiger partial charge >= 0.3 is 6.09 Å². The number of carbonyl (C=O) groups excluding carboxylic acids is 1. The second kappa shape index (κ2) is 16.2. The van der Waals surface area contributed by atoms with Crippen LogP contribution in [0.2, 0.25) is 5.02 Å². The second-order valence-corrected chi connectivity index (χ2v) is 12.9. The SMILES string of the molecule is CC(C)(C)OC(=O)NCCOCCN[C@H]1CC[C@H](Nc2cc(-c3cccc(NCC4(C#N)CCOCC4)n3)c(Cl)cn2)CC1. The number of nitriles is 1. The third-order valence-corrected chi connectivity index (χ3v) is 8.15. The number of carbonyl (C=O) groups is 1. The molecule has 2 aliphatic rings. The summed E-state index contributed by atoms with van der Waals surface area (Å²) >= 11 is 6.56. The van der Waals surface area contributed by atoms with E-state index >= 15 is 0 Å². The highest BCUT2D eigenvalue weighted by molar-refractivity contribution is 6.33. The molecule has 2 fully saturated rings. The molecule has 1 aliphatic heterocycles. The zero-order chi connectivity index (χ0) is 31.4. The van der Waals surface area contributed by atoms with Gasteiger partial charge in [-0.2, -0.15) is 5.26 Å². The molecule has 0 unspecified atom stereocenters. The molecule has 0 atom stereocenters. The van der Waals surface area contributed by atoms with E-state index in [1.165, 1.54) is 0 Å². The largest absolute Gasteiger partial charge is 0.444 e. The van der Waals surface area contributed by atoms with E-state index < -0.39 is 17.1 Å². The number of hydrogen-bond donors (Lipinski definition) is 4. The average Bonchev–Trinajstić information content (AvgIpc) is 3.01. The molecule has 0 aromatic carbocycles. The standard InChI is InChI=1S/C32H46ClN7O4/c1-31(2,3)44-30(41)36-14-18-43-17-13-35-23-7-9-24(10-8-23)39-29-19-25(26(33)20-37-29)27-5-4-6-28(40-27)38-22-32(21-34)11-15-42-16-12-32/h4-6,19-20,23-24,35H,7-18,22H2,1-3H3,(H,36,41)(H,37,39)(H,38,40)/t23-,24-. The number of pyridine rings is 2. The molecule has 0 spiro atoms. The van der Waals surface area contributed by atoms with Gasteiger partial charge in [0.25, 0.3) is 0 Å².